The fourth-order valence-corrected chi connectivity index (χ4v) is 4.61. The Labute approximate surface area is 177 Å². The number of ketones is 1. The van der Waals surface area contributed by atoms with Gasteiger partial charge in [-0.2, -0.15) is 0 Å². The quantitative estimate of drug-likeness (QED) is 0.360. The Morgan fingerprint density at radius 3 is 2.83 bits per heavy atom. The second-order valence-corrected chi connectivity index (χ2v) is 8.22. The summed E-state index contributed by atoms with van der Waals surface area (Å²) in [7, 11) is 0. The molecule has 5 rings (SSSR count). The number of nitrogens with one attached hydrogen (secondary N) is 1. The van der Waals surface area contributed by atoms with Crippen LogP contribution in [0.1, 0.15) is 23.2 Å². The summed E-state index contributed by atoms with van der Waals surface area (Å²) < 4.78 is 7.42. The van der Waals surface area contributed by atoms with Gasteiger partial charge in [0.2, 0.25) is 5.16 Å². The topological polar surface area (TPSA) is 85.7 Å². The number of nitrogens with zero attached hydrogens (tertiary/aromatic N) is 4. The third-order valence-corrected chi connectivity index (χ3v) is 6.24. The van der Waals surface area contributed by atoms with E-state index in [2.05, 4.69) is 20.5 Å². The Hall–Kier alpha value is -2.97. The van der Waals surface area contributed by atoms with Gasteiger partial charge >= 0.3 is 0 Å². The lowest BCUT2D eigenvalue weighted by atomic mass is 10.0. The Kier molecular flexibility index (Phi) is 5.33. The number of fused-ring (bicyclic) bond motifs is 1. The molecule has 0 aliphatic carbocycles. The highest BCUT2D eigenvalue weighted by molar-refractivity contribution is 7.99. The zero-order valence-corrected chi connectivity index (χ0v) is 17.1. The molecular formula is C22H21N5O2S. The van der Waals surface area contributed by atoms with E-state index in [4.69, 9.17) is 4.74 Å². The van der Waals surface area contributed by atoms with E-state index in [0.29, 0.717) is 17.3 Å². The first-order valence-electron chi connectivity index (χ1n) is 9.99. The zero-order chi connectivity index (χ0) is 20.3. The van der Waals surface area contributed by atoms with Gasteiger partial charge in [0, 0.05) is 17.5 Å². The number of carbonyl (C=O) groups is 1. The number of aromatic nitrogens is 5. The van der Waals surface area contributed by atoms with Crippen LogP contribution in [0, 0.1) is 0 Å². The molecule has 2 aromatic carbocycles. The van der Waals surface area contributed by atoms with E-state index in [0.717, 1.165) is 41.6 Å². The lowest BCUT2D eigenvalue weighted by molar-refractivity contribution is 0.0912. The maximum atomic E-state index is 13.3. The Balaban J connectivity index is 1.40. The summed E-state index contributed by atoms with van der Waals surface area (Å²) in [5.74, 6) is 0.302. The molecule has 1 fully saturated rings. The molecule has 0 bridgehead atoms. The van der Waals surface area contributed by atoms with Gasteiger partial charge in [0.25, 0.3) is 0 Å². The highest BCUT2D eigenvalue weighted by atomic mass is 32.2. The SMILES string of the molecule is O=C(CSc1nnnn1CC1CCCO1)c1c(-c2ccccc2)[nH]c2ccccc12. The molecule has 8 heteroatoms. The Morgan fingerprint density at radius 1 is 1.17 bits per heavy atom. The number of thioether (sulfide) groups is 1. The van der Waals surface area contributed by atoms with Gasteiger partial charge in [0.1, 0.15) is 0 Å². The monoisotopic (exact) mass is 419 g/mol. The third-order valence-electron chi connectivity index (χ3n) is 5.28. The van der Waals surface area contributed by atoms with Crippen molar-refractivity contribution in [2.45, 2.75) is 30.6 Å². The van der Waals surface area contributed by atoms with E-state index in [1.54, 1.807) is 4.68 Å². The molecular weight excluding hydrogens is 398 g/mol. The normalized spacial score (nSPS) is 16.3. The van der Waals surface area contributed by atoms with Crippen molar-refractivity contribution in [3.05, 3.63) is 60.2 Å². The number of benzene rings is 2. The minimum absolute atomic E-state index is 0.0444. The number of rotatable bonds is 7. The van der Waals surface area contributed by atoms with Gasteiger partial charge in [-0.15, -0.1) is 5.10 Å². The first-order chi connectivity index (χ1) is 14.8. The highest BCUT2D eigenvalue weighted by Gasteiger charge is 2.22. The number of ether oxygens (including phenoxy) is 1. The Bertz CT molecular complexity index is 1160. The molecule has 1 aliphatic heterocycles. The summed E-state index contributed by atoms with van der Waals surface area (Å²) in [6, 6.07) is 17.8. The van der Waals surface area contributed by atoms with Crippen molar-refractivity contribution in [3.63, 3.8) is 0 Å². The van der Waals surface area contributed by atoms with Crippen LogP contribution < -0.4 is 0 Å². The molecule has 30 heavy (non-hydrogen) atoms. The van der Waals surface area contributed by atoms with Crippen LogP contribution in [0.25, 0.3) is 22.2 Å². The maximum Gasteiger partial charge on any atom is 0.209 e. The largest absolute Gasteiger partial charge is 0.376 e. The first-order valence-corrected chi connectivity index (χ1v) is 11.0. The fourth-order valence-electron chi connectivity index (χ4n) is 3.85. The summed E-state index contributed by atoms with van der Waals surface area (Å²) in [6.45, 7) is 1.41. The lowest BCUT2D eigenvalue weighted by Crippen LogP contribution is -2.17. The summed E-state index contributed by atoms with van der Waals surface area (Å²) in [4.78, 5) is 16.7. The van der Waals surface area contributed by atoms with Crippen LogP contribution in [0.4, 0.5) is 0 Å². The predicted molar refractivity (Wildman–Crippen MR) is 116 cm³/mol. The van der Waals surface area contributed by atoms with Crippen molar-refractivity contribution < 1.29 is 9.53 Å². The molecule has 0 radical (unpaired) electrons. The first kappa shape index (κ1) is 19.0. The van der Waals surface area contributed by atoms with E-state index in [-0.39, 0.29) is 17.6 Å². The van der Waals surface area contributed by atoms with Crippen molar-refractivity contribution in [2.24, 2.45) is 0 Å². The summed E-state index contributed by atoms with van der Waals surface area (Å²) in [5.41, 5.74) is 3.50. The minimum Gasteiger partial charge on any atom is -0.376 e. The number of carbonyl (C=O) groups excluding carboxylic acids is 1. The number of hydrogen-bond acceptors (Lipinski definition) is 6. The molecule has 1 unspecified atom stereocenters. The van der Waals surface area contributed by atoms with Gasteiger partial charge in [0.15, 0.2) is 5.78 Å². The number of tetrazole rings is 1. The van der Waals surface area contributed by atoms with E-state index < -0.39 is 0 Å². The fraction of sp³-hybridized carbons (Fsp3) is 0.273. The molecule has 2 aromatic heterocycles. The molecule has 0 amide bonds. The number of H-pyrrole nitrogens is 1. The van der Waals surface area contributed by atoms with Gasteiger partial charge in [-0.05, 0) is 34.9 Å². The van der Waals surface area contributed by atoms with E-state index >= 15 is 0 Å². The van der Waals surface area contributed by atoms with E-state index in [9.17, 15) is 4.79 Å². The van der Waals surface area contributed by atoms with Crippen molar-refractivity contribution >= 4 is 28.4 Å². The molecule has 3 heterocycles. The van der Waals surface area contributed by atoms with Crippen molar-refractivity contribution in [3.8, 4) is 11.3 Å². The van der Waals surface area contributed by atoms with Gasteiger partial charge in [0.05, 0.1) is 29.7 Å². The van der Waals surface area contributed by atoms with Crippen LogP contribution in [0.15, 0.2) is 59.8 Å². The van der Waals surface area contributed by atoms with Gasteiger partial charge in [-0.25, -0.2) is 4.68 Å². The Morgan fingerprint density at radius 2 is 2.00 bits per heavy atom. The van der Waals surface area contributed by atoms with E-state index in [1.807, 2.05) is 54.6 Å². The molecule has 7 nitrogen and oxygen atoms in total. The maximum absolute atomic E-state index is 13.3. The van der Waals surface area contributed by atoms with Crippen LogP contribution in [0.5, 0.6) is 0 Å². The second kappa shape index (κ2) is 8.41. The molecule has 1 saturated heterocycles. The summed E-state index contributed by atoms with van der Waals surface area (Å²) >= 11 is 1.36. The number of hydrogen-bond donors (Lipinski definition) is 1. The number of para-hydroxylation sites is 1. The van der Waals surface area contributed by atoms with Crippen LogP contribution in [-0.4, -0.2) is 49.4 Å². The van der Waals surface area contributed by atoms with Crippen molar-refractivity contribution in [2.75, 3.05) is 12.4 Å². The van der Waals surface area contributed by atoms with Crippen LogP contribution in [-0.2, 0) is 11.3 Å². The third kappa shape index (κ3) is 3.76. The number of aromatic amines is 1. The lowest BCUT2D eigenvalue weighted by Gasteiger charge is -2.10. The van der Waals surface area contributed by atoms with Gasteiger partial charge in [-0.3, -0.25) is 4.79 Å². The molecule has 4 aromatic rings. The van der Waals surface area contributed by atoms with Gasteiger partial charge < -0.3 is 9.72 Å². The van der Waals surface area contributed by atoms with Gasteiger partial charge in [-0.1, -0.05) is 60.3 Å². The highest BCUT2D eigenvalue weighted by Crippen LogP contribution is 2.32. The smallest absolute Gasteiger partial charge is 0.209 e. The molecule has 152 valence electrons. The van der Waals surface area contributed by atoms with Crippen molar-refractivity contribution in [1.82, 2.24) is 25.2 Å². The number of Topliss-reactive ketones (excluding diaryl/α,β-unsaturated/α-hetero) is 1. The average Bonchev–Trinajstić information content (AvgIpc) is 3.53. The molecule has 0 saturated carbocycles. The van der Waals surface area contributed by atoms with Crippen LogP contribution in [0.3, 0.4) is 0 Å². The van der Waals surface area contributed by atoms with Crippen molar-refractivity contribution in [1.29, 1.82) is 0 Å². The molecule has 1 N–H and O–H groups in total. The molecule has 1 atom stereocenters. The summed E-state index contributed by atoms with van der Waals surface area (Å²) in [5, 5.41) is 13.5. The second-order valence-electron chi connectivity index (χ2n) is 7.28. The van der Waals surface area contributed by atoms with E-state index in [1.165, 1.54) is 11.8 Å². The molecule has 0 spiro atoms. The van der Waals surface area contributed by atoms with Crippen LogP contribution >= 0.6 is 11.8 Å². The minimum atomic E-state index is 0.0444. The zero-order valence-electron chi connectivity index (χ0n) is 16.3. The molecule has 1 aliphatic rings. The average molecular weight is 420 g/mol. The van der Waals surface area contributed by atoms with Crippen LogP contribution in [0.2, 0.25) is 0 Å². The summed E-state index contributed by atoms with van der Waals surface area (Å²) in [6.07, 6.45) is 2.22. The standard InChI is InChI=1S/C22H21N5O2S/c28-19(14-30-22-24-25-26-27(22)13-16-9-6-12-29-16)20-17-10-4-5-11-18(17)23-21(20)15-7-2-1-3-8-15/h1-5,7-8,10-11,16,23H,6,9,12-14H2. The predicted octanol–water partition coefficient (Wildman–Crippen LogP) is 3.98.